The number of alkyl halides is 1. The number of hydrogen-bond acceptors (Lipinski definition) is 2. The van der Waals surface area contributed by atoms with Crippen LogP contribution in [0.25, 0.3) is 21.9 Å². The molecule has 4 heteroatoms. The Morgan fingerprint density at radius 2 is 2.10 bits per heavy atom. The Kier molecular flexibility index (Phi) is 3.22. The second kappa shape index (κ2) is 5.04. The minimum atomic E-state index is -0.348. The van der Waals surface area contributed by atoms with Gasteiger partial charge in [0.1, 0.15) is 5.65 Å². The lowest BCUT2D eigenvalue weighted by Gasteiger charge is -2.04. The molecule has 3 nitrogen and oxygen atoms in total. The van der Waals surface area contributed by atoms with Gasteiger partial charge in [-0.2, -0.15) is 0 Å². The standard InChI is InChI=1S/C16H15FN2O/c1-11(20)12-9-14-13-5-2-3-6-15(13)19(8-4-7-17)16(14)18-10-12/h2-3,5-6,9-10H,4,7-8H2,1H3. The third-order valence-electron chi connectivity index (χ3n) is 3.53. The fourth-order valence-corrected chi connectivity index (χ4v) is 2.56. The molecule has 0 aliphatic heterocycles. The summed E-state index contributed by atoms with van der Waals surface area (Å²) >= 11 is 0. The normalized spacial score (nSPS) is 11.3. The molecule has 2 heterocycles. The number of ketones is 1. The molecule has 1 aromatic carbocycles. The summed E-state index contributed by atoms with van der Waals surface area (Å²) in [5, 5.41) is 2.00. The van der Waals surface area contributed by atoms with Gasteiger partial charge in [-0.1, -0.05) is 18.2 Å². The molecule has 0 saturated carbocycles. The van der Waals surface area contributed by atoms with Crippen molar-refractivity contribution >= 4 is 27.7 Å². The maximum Gasteiger partial charge on any atom is 0.161 e. The van der Waals surface area contributed by atoms with Crippen LogP contribution >= 0.6 is 0 Å². The smallest absolute Gasteiger partial charge is 0.161 e. The number of para-hydroxylation sites is 1. The van der Waals surface area contributed by atoms with E-state index >= 15 is 0 Å². The highest BCUT2D eigenvalue weighted by Gasteiger charge is 2.12. The van der Waals surface area contributed by atoms with Gasteiger partial charge in [-0.25, -0.2) is 4.98 Å². The van der Waals surface area contributed by atoms with Crippen LogP contribution in [0.1, 0.15) is 23.7 Å². The average Bonchev–Trinajstić information content (AvgIpc) is 2.78. The van der Waals surface area contributed by atoms with Crippen LogP contribution in [0.15, 0.2) is 36.5 Å². The van der Waals surface area contributed by atoms with E-state index in [0.717, 1.165) is 21.9 Å². The molecule has 0 bridgehead atoms. The van der Waals surface area contributed by atoms with Crippen molar-refractivity contribution < 1.29 is 9.18 Å². The number of Topliss-reactive ketones (excluding diaryl/α,β-unsaturated/α-hetero) is 1. The number of carbonyl (C=O) groups excluding carboxylic acids is 1. The van der Waals surface area contributed by atoms with Crippen LogP contribution in [-0.2, 0) is 6.54 Å². The van der Waals surface area contributed by atoms with Gasteiger partial charge in [0.05, 0.1) is 12.2 Å². The number of aryl methyl sites for hydroxylation is 1. The topological polar surface area (TPSA) is 34.9 Å². The van der Waals surface area contributed by atoms with Gasteiger partial charge in [-0.15, -0.1) is 0 Å². The van der Waals surface area contributed by atoms with Crippen molar-refractivity contribution in [2.45, 2.75) is 19.9 Å². The maximum atomic E-state index is 12.5. The summed E-state index contributed by atoms with van der Waals surface area (Å²) in [6.07, 6.45) is 2.05. The van der Waals surface area contributed by atoms with Gasteiger partial charge in [0.25, 0.3) is 0 Å². The van der Waals surface area contributed by atoms with Crippen molar-refractivity contribution in [1.82, 2.24) is 9.55 Å². The Morgan fingerprint density at radius 1 is 1.30 bits per heavy atom. The Bertz CT molecular complexity index is 792. The summed E-state index contributed by atoms with van der Waals surface area (Å²) in [5.74, 6) is -0.00000989. The quantitative estimate of drug-likeness (QED) is 0.677. The summed E-state index contributed by atoms with van der Waals surface area (Å²) in [7, 11) is 0. The molecule has 20 heavy (non-hydrogen) atoms. The SMILES string of the molecule is CC(=O)c1cnc2c(c1)c1ccccc1n2CCCF. The molecule has 0 N–H and O–H groups in total. The number of benzene rings is 1. The number of aromatic nitrogens is 2. The first kappa shape index (κ1) is 12.8. The monoisotopic (exact) mass is 270 g/mol. The van der Waals surface area contributed by atoms with Crippen molar-refractivity contribution in [2.75, 3.05) is 6.67 Å². The van der Waals surface area contributed by atoms with E-state index in [1.54, 1.807) is 6.20 Å². The average molecular weight is 270 g/mol. The Balaban J connectivity index is 2.32. The largest absolute Gasteiger partial charge is 0.325 e. The Morgan fingerprint density at radius 3 is 2.85 bits per heavy atom. The van der Waals surface area contributed by atoms with Gasteiger partial charge >= 0.3 is 0 Å². The minimum Gasteiger partial charge on any atom is -0.325 e. The zero-order valence-corrected chi connectivity index (χ0v) is 11.3. The number of pyridine rings is 1. The van der Waals surface area contributed by atoms with Gasteiger partial charge in [0.15, 0.2) is 5.78 Å². The van der Waals surface area contributed by atoms with Gasteiger partial charge in [-0.3, -0.25) is 9.18 Å². The van der Waals surface area contributed by atoms with E-state index in [-0.39, 0.29) is 12.5 Å². The van der Waals surface area contributed by atoms with E-state index < -0.39 is 0 Å². The van der Waals surface area contributed by atoms with Crippen LogP contribution in [0.4, 0.5) is 4.39 Å². The summed E-state index contributed by atoms with van der Waals surface area (Å²) in [6.45, 7) is 1.78. The molecule has 0 saturated heterocycles. The van der Waals surface area contributed by atoms with E-state index in [1.807, 2.05) is 34.9 Å². The van der Waals surface area contributed by atoms with Crippen LogP contribution in [0.3, 0.4) is 0 Å². The van der Waals surface area contributed by atoms with Crippen LogP contribution in [0.5, 0.6) is 0 Å². The molecule has 0 spiro atoms. The van der Waals surface area contributed by atoms with Crippen LogP contribution < -0.4 is 0 Å². The summed E-state index contributed by atoms with van der Waals surface area (Å²) in [6, 6.07) is 9.80. The lowest BCUT2D eigenvalue weighted by atomic mass is 10.1. The second-order valence-electron chi connectivity index (χ2n) is 4.86. The second-order valence-corrected chi connectivity index (χ2v) is 4.86. The van der Waals surface area contributed by atoms with Crippen molar-refractivity contribution in [3.8, 4) is 0 Å². The Labute approximate surface area is 116 Å². The number of fused-ring (bicyclic) bond motifs is 3. The first-order valence-corrected chi connectivity index (χ1v) is 6.66. The van der Waals surface area contributed by atoms with E-state index in [0.29, 0.717) is 18.5 Å². The summed E-state index contributed by atoms with van der Waals surface area (Å²) < 4.78 is 14.5. The predicted octanol–water partition coefficient (Wildman–Crippen LogP) is 3.75. The molecule has 3 rings (SSSR count). The molecule has 0 radical (unpaired) electrons. The van der Waals surface area contributed by atoms with E-state index in [2.05, 4.69) is 4.98 Å². The predicted molar refractivity (Wildman–Crippen MR) is 77.8 cm³/mol. The van der Waals surface area contributed by atoms with Crippen LogP contribution in [0.2, 0.25) is 0 Å². The van der Waals surface area contributed by atoms with Crippen molar-refractivity contribution in [3.63, 3.8) is 0 Å². The van der Waals surface area contributed by atoms with Gasteiger partial charge < -0.3 is 4.57 Å². The molecule has 0 amide bonds. The first-order valence-electron chi connectivity index (χ1n) is 6.66. The fraction of sp³-hybridized carbons (Fsp3) is 0.250. The zero-order valence-electron chi connectivity index (χ0n) is 11.3. The Hall–Kier alpha value is -2.23. The highest BCUT2D eigenvalue weighted by Crippen LogP contribution is 2.28. The van der Waals surface area contributed by atoms with Crippen LogP contribution in [-0.4, -0.2) is 22.0 Å². The van der Waals surface area contributed by atoms with E-state index in [4.69, 9.17) is 0 Å². The molecule has 0 fully saturated rings. The van der Waals surface area contributed by atoms with Crippen LogP contribution in [0, 0.1) is 0 Å². The van der Waals surface area contributed by atoms with Gasteiger partial charge in [0, 0.05) is 29.1 Å². The zero-order chi connectivity index (χ0) is 14.1. The van der Waals surface area contributed by atoms with Gasteiger partial charge in [-0.05, 0) is 25.5 Å². The number of hydrogen-bond donors (Lipinski definition) is 0. The number of nitrogens with zero attached hydrogens (tertiary/aromatic N) is 2. The van der Waals surface area contributed by atoms with Crippen molar-refractivity contribution in [2.24, 2.45) is 0 Å². The molecule has 102 valence electrons. The lowest BCUT2D eigenvalue weighted by Crippen LogP contribution is -2.00. The highest BCUT2D eigenvalue weighted by molar-refractivity contribution is 6.09. The number of halogens is 1. The number of carbonyl (C=O) groups is 1. The van der Waals surface area contributed by atoms with E-state index in [9.17, 15) is 9.18 Å². The molecule has 0 aliphatic rings. The third-order valence-corrected chi connectivity index (χ3v) is 3.53. The molecular formula is C16H15FN2O. The molecule has 0 unspecified atom stereocenters. The fourth-order valence-electron chi connectivity index (χ4n) is 2.56. The minimum absolute atomic E-state index is 0.00000989. The molecule has 2 aromatic heterocycles. The van der Waals surface area contributed by atoms with Crippen molar-refractivity contribution in [1.29, 1.82) is 0 Å². The van der Waals surface area contributed by atoms with Crippen molar-refractivity contribution in [3.05, 3.63) is 42.1 Å². The maximum absolute atomic E-state index is 12.5. The molecule has 3 aromatic rings. The third kappa shape index (κ3) is 1.97. The van der Waals surface area contributed by atoms with E-state index in [1.165, 1.54) is 6.92 Å². The lowest BCUT2D eigenvalue weighted by molar-refractivity contribution is 0.101. The number of rotatable bonds is 4. The highest BCUT2D eigenvalue weighted by atomic mass is 19.1. The molecule has 0 atom stereocenters. The first-order chi connectivity index (χ1) is 9.72. The summed E-state index contributed by atoms with van der Waals surface area (Å²) in [5.41, 5.74) is 2.44. The molecular weight excluding hydrogens is 255 g/mol. The summed E-state index contributed by atoms with van der Waals surface area (Å²) in [4.78, 5) is 15.9. The van der Waals surface area contributed by atoms with Gasteiger partial charge in [0.2, 0.25) is 0 Å². The molecule has 0 aliphatic carbocycles.